The van der Waals surface area contributed by atoms with E-state index in [2.05, 4.69) is 4.74 Å². The van der Waals surface area contributed by atoms with Gasteiger partial charge in [0.15, 0.2) is 0 Å². The number of methoxy groups -OCH3 is 1. The topological polar surface area (TPSA) is 66.8 Å². The van der Waals surface area contributed by atoms with Crippen LogP contribution in [0.5, 0.6) is 11.5 Å². The lowest BCUT2D eigenvalue weighted by molar-refractivity contribution is -0.138. The summed E-state index contributed by atoms with van der Waals surface area (Å²) in [7, 11) is 0.979. The molecule has 0 bridgehead atoms. The zero-order valence-electron chi connectivity index (χ0n) is 8.00. The molecule has 1 aromatic rings. The van der Waals surface area contributed by atoms with Gasteiger partial charge < -0.3 is 14.9 Å². The van der Waals surface area contributed by atoms with Crippen molar-refractivity contribution in [3.05, 3.63) is 23.3 Å². The minimum Gasteiger partial charge on any atom is -0.507 e. The molecule has 1 rings (SSSR count). The number of alkyl halides is 3. The summed E-state index contributed by atoms with van der Waals surface area (Å²) in [5, 5.41) is 17.7. The van der Waals surface area contributed by atoms with E-state index < -0.39 is 34.8 Å². The highest BCUT2D eigenvalue weighted by Gasteiger charge is 2.35. The third-order valence-corrected chi connectivity index (χ3v) is 1.85. The van der Waals surface area contributed by atoms with Gasteiger partial charge in [0, 0.05) is 0 Å². The summed E-state index contributed by atoms with van der Waals surface area (Å²) in [5.41, 5.74) is -1.87. The number of aromatic hydroxyl groups is 1. The first kappa shape index (κ1) is 12.2. The SMILES string of the molecule is COc1cc(C(=O)O)c(O)cc1C(F)(F)F. The van der Waals surface area contributed by atoms with Crippen molar-refractivity contribution in [2.75, 3.05) is 7.11 Å². The summed E-state index contributed by atoms with van der Waals surface area (Å²) in [4.78, 5) is 10.6. The first-order valence-electron chi connectivity index (χ1n) is 3.99. The Labute approximate surface area is 87.9 Å². The lowest BCUT2D eigenvalue weighted by Crippen LogP contribution is -2.09. The van der Waals surface area contributed by atoms with Crippen molar-refractivity contribution in [3.63, 3.8) is 0 Å². The molecule has 0 saturated heterocycles. The zero-order chi connectivity index (χ0) is 12.5. The smallest absolute Gasteiger partial charge is 0.420 e. The summed E-state index contributed by atoms with van der Waals surface area (Å²) < 4.78 is 41.7. The number of halogens is 3. The van der Waals surface area contributed by atoms with Gasteiger partial charge in [-0.25, -0.2) is 4.79 Å². The van der Waals surface area contributed by atoms with Crippen LogP contribution in [0, 0.1) is 0 Å². The van der Waals surface area contributed by atoms with Gasteiger partial charge in [-0.05, 0) is 12.1 Å². The average Bonchev–Trinajstić information content (AvgIpc) is 2.15. The number of hydrogen-bond donors (Lipinski definition) is 2. The molecule has 16 heavy (non-hydrogen) atoms. The molecule has 4 nitrogen and oxygen atoms in total. The van der Waals surface area contributed by atoms with Crippen LogP contribution in [0.25, 0.3) is 0 Å². The number of carboxylic acid groups (broad SMARTS) is 1. The van der Waals surface area contributed by atoms with Gasteiger partial charge in [0.25, 0.3) is 0 Å². The Morgan fingerprint density at radius 1 is 1.38 bits per heavy atom. The van der Waals surface area contributed by atoms with Crippen LogP contribution in [-0.2, 0) is 6.18 Å². The average molecular weight is 236 g/mol. The van der Waals surface area contributed by atoms with E-state index in [0.29, 0.717) is 12.1 Å². The Hall–Kier alpha value is -1.92. The minimum atomic E-state index is -4.72. The number of rotatable bonds is 2. The molecule has 0 fully saturated rings. The van der Waals surface area contributed by atoms with E-state index in [-0.39, 0.29) is 0 Å². The molecule has 0 aliphatic heterocycles. The van der Waals surface area contributed by atoms with E-state index >= 15 is 0 Å². The predicted octanol–water partition coefficient (Wildman–Crippen LogP) is 2.12. The monoisotopic (exact) mass is 236 g/mol. The van der Waals surface area contributed by atoms with E-state index in [4.69, 9.17) is 10.2 Å². The van der Waals surface area contributed by atoms with Crippen molar-refractivity contribution in [1.29, 1.82) is 0 Å². The van der Waals surface area contributed by atoms with Crippen molar-refractivity contribution >= 4 is 5.97 Å². The van der Waals surface area contributed by atoms with E-state index in [1.807, 2.05) is 0 Å². The molecule has 0 heterocycles. The van der Waals surface area contributed by atoms with Gasteiger partial charge in [-0.1, -0.05) is 0 Å². The summed E-state index contributed by atoms with van der Waals surface area (Å²) in [6.07, 6.45) is -4.72. The highest BCUT2D eigenvalue weighted by atomic mass is 19.4. The van der Waals surface area contributed by atoms with Gasteiger partial charge in [0.1, 0.15) is 22.6 Å². The minimum absolute atomic E-state index is 0.322. The molecule has 0 aliphatic carbocycles. The van der Waals surface area contributed by atoms with Crippen LogP contribution in [0.4, 0.5) is 13.2 Å². The van der Waals surface area contributed by atoms with Gasteiger partial charge in [-0.3, -0.25) is 0 Å². The van der Waals surface area contributed by atoms with E-state index in [9.17, 15) is 18.0 Å². The number of carbonyl (C=O) groups is 1. The first-order valence-corrected chi connectivity index (χ1v) is 3.99. The zero-order valence-corrected chi connectivity index (χ0v) is 8.00. The quantitative estimate of drug-likeness (QED) is 0.825. The van der Waals surface area contributed by atoms with Crippen LogP contribution in [0.15, 0.2) is 12.1 Å². The Balaban J connectivity index is 3.44. The van der Waals surface area contributed by atoms with Gasteiger partial charge in [-0.15, -0.1) is 0 Å². The highest BCUT2D eigenvalue weighted by Crippen LogP contribution is 2.39. The Bertz CT molecular complexity index is 425. The van der Waals surface area contributed by atoms with Crippen LogP contribution in [-0.4, -0.2) is 23.3 Å². The van der Waals surface area contributed by atoms with Gasteiger partial charge in [-0.2, -0.15) is 13.2 Å². The third kappa shape index (κ3) is 2.18. The molecule has 0 aliphatic rings. The highest BCUT2D eigenvalue weighted by molar-refractivity contribution is 5.91. The number of ether oxygens (including phenoxy) is 1. The molecule has 0 spiro atoms. The Kier molecular flexibility index (Phi) is 2.97. The molecular weight excluding hydrogens is 229 g/mol. The van der Waals surface area contributed by atoms with Crippen molar-refractivity contribution in [2.45, 2.75) is 6.18 Å². The van der Waals surface area contributed by atoms with Crippen LogP contribution < -0.4 is 4.74 Å². The van der Waals surface area contributed by atoms with Gasteiger partial charge in [0.05, 0.1) is 7.11 Å². The van der Waals surface area contributed by atoms with E-state index in [0.717, 1.165) is 7.11 Å². The van der Waals surface area contributed by atoms with Crippen LogP contribution >= 0.6 is 0 Å². The summed E-state index contributed by atoms with van der Waals surface area (Å²) in [6.45, 7) is 0. The first-order chi connectivity index (χ1) is 7.27. The second kappa shape index (κ2) is 3.92. The van der Waals surface area contributed by atoms with Crippen LogP contribution in [0.3, 0.4) is 0 Å². The van der Waals surface area contributed by atoms with Gasteiger partial charge in [0.2, 0.25) is 0 Å². The van der Waals surface area contributed by atoms with Crippen LogP contribution in [0.1, 0.15) is 15.9 Å². The Morgan fingerprint density at radius 3 is 2.31 bits per heavy atom. The maximum Gasteiger partial charge on any atom is 0.420 e. The Morgan fingerprint density at radius 2 is 1.94 bits per heavy atom. The van der Waals surface area contributed by atoms with E-state index in [1.165, 1.54) is 0 Å². The lowest BCUT2D eigenvalue weighted by Gasteiger charge is -2.13. The molecule has 7 heteroatoms. The molecule has 0 aromatic heterocycles. The molecule has 2 N–H and O–H groups in total. The van der Waals surface area contributed by atoms with Crippen molar-refractivity contribution in [1.82, 2.24) is 0 Å². The number of benzene rings is 1. The second-order valence-electron chi connectivity index (χ2n) is 2.87. The predicted molar refractivity (Wildman–Crippen MR) is 46.6 cm³/mol. The molecule has 1 aromatic carbocycles. The van der Waals surface area contributed by atoms with Gasteiger partial charge >= 0.3 is 12.1 Å². The molecular formula is C9H7F3O4. The number of aromatic carboxylic acids is 1. The maximum atomic E-state index is 12.4. The second-order valence-corrected chi connectivity index (χ2v) is 2.87. The summed E-state index contributed by atoms with van der Waals surface area (Å²) in [5.74, 6) is -3.15. The summed E-state index contributed by atoms with van der Waals surface area (Å²) >= 11 is 0. The number of carboxylic acids is 1. The summed E-state index contributed by atoms with van der Waals surface area (Å²) in [6, 6.07) is 0.947. The molecule has 0 atom stereocenters. The molecule has 0 saturated carbocycles. The normalized spacial score (nSPS) is 11.2. The fraction of sp³-hybridized carbons (Fsp3) is 0.222. The van der Waals surface area contributed by atoms with Crippen LogP contribution in [0.2, 0.25) is 0 Å². The maximum absolute atomic E-state index is 12.4. The molecule has 0 radical (unpaired) electrons. The fourth-order valence-corrected chi connectivity index (χ4v) is 1.13. The molecule has 88 valence electrons. The van der Waals surface area contributed by atoms with Crippen molar-refractivity contribution in [2.24, 2.45) is 0 Å². The largest absolute Gasteiger partial charge is 0.507 e. The van der Waals surface area contributed by atoms with E-state index in [1.54, 1.807) is 0 Å². The third-order valence-electron chi connectivity index (χ3n) is 1.85. The number of phenols is 1. The molecule has 0 unspecified atom stereocenters. The number of hydrogen-bond acceptors (Lipinski definition) is 3. The fourth-order valence-electron chi connectivity index (χ4n) is 1.13. The van der Waals surface area contributed by atoms with Crippen molar-refractivity contribution < 1.29 is 32.9 Å². The van der Waals surface area contributed by atoms with Crippen molar-refractivity contribution in [3.8, 4) is 11.5 Å². The lowest BCUT2D eigenvalue weighted by atomic mass is 10.1. The standard InChI is InChI=1S/C9H7F3O4/c1-16-7-2-4(8(14)15)6(13)3-5(7)9(10,11)12/h2-3,13H,1H3,(H,14,15). The molecule has 0 amide bonds.